The number of nitrogens with zero attached hydrogens (tertiary/aromatic N) is 4. The number of rotatable bonds is 6. The summed E-state index contributed by atoms with van der Waals surface area (Å²) in [7, 11) is -2.98. The van der Waals surface area contributed by atoms with E-state index in [0.29, 0.717) is 22.2 Å². The summed E-state index contributed by atoms with van der Waals surface area (Å²) in [5, 5.41) is 17.6. The lowest BCUT2D eigenvalue weighted by Gasteiger charge is -2.26. The predicted octanol–water partition coefficient (Wildman–Crippen LogP) is 2.82. The van der Waals surface area contributed by atoms with Crippen molar-refractivity contribution in [3.8, 4) is 5.75 Å². The molecule has 0 saturated carbocycles. The largest absolute Gasteiger partial charge is 0.495 e. The first-order valence-corrected chi connectivity index (χ1v) is 11.7. The first-order chi connectivity index (χ1) is 15.6. The Balaban J connectivity index is 1.81. The van der Waals surface area contributed by atoms with Crippen LogP contribution in [0, 0.1) is 13.8 Å². The number of thiazole rings is 1. The van der Waals surface area contributed by atoms with Gasteiger partial charge in [-0.1, -0.05) is 17.4 Å². The van der Waals surface area contributed by atoms with Crippen molar-refractivity contribution < 1.29 is 27.6 Å². The number of aromatic carboxylic acids is 1. The molecule has 0 saturated heterocycles. The second kappa shape index (κ2) is 8.35. The first-order valence-electron chi connectivity index (χ1n) is 9.48. The number of amidine groups is 1. The van der Waals surface area contributed by atoms with Gasteiger partial charge in [0.1, 0.15) is 11.3 Å². The van der Waals surface area contributed by atoms with E-state index in [1.165, 1.54) is 59.0 Å². The van der Waals surface area contributed by atoms with Crippen LogP contribution in [-0.2, 0) is 10.1 Å². The van der Waals surface area contributed by atoms with E-state index in [1.807, 2.05) is 13.8 Å². The average Bonchev–Trinajstić information content (AvgIpc) is 3.36. The molecule has 1 aliphatic heterocycles. The van der Waals surface area contributed by atoms with Crippen molar-refractivity contribution in [2.45, 2.75) is 18.7 Å². The maximum Gasteiger partial charge on any atom is 0.339 e. The summed E-state index contributed by atoms with van der Waals surface area (Å²) in [6.07, 6.45) is 0. The number of hydrazine groups is 2. The molecule has 0 aliphatic carbocycles. The third-order valence-corrected chi connectivity index (χ3v) is 6.77. The van der Waals surface area contributed by atoms with Gasteiger partial charge >= 0.3 is 5.97 Å². The van der Waals surface area contributed by atoms with E-state index >= 15 is 0 Å². The van der Waals surface area contributed by atoms with Gasteiger partial charge in [0.05, 0.1) is 29.0 Å². The zero-order valence-corrected chi connectivity index (χ0v) is 19.3. The van der Waals surface area contributed by atoms with Crippen LogP contribution in [-0.4, -0.2) is 42.0 Å². The van der Waals surface area contributed by atoms with Gasteiger partial charge in [-0.25, -0.2) is 9.78 Å². The van der Waals surface area contributed by atoms with Crippen LogP contribution in [0.2, 0.25) is 0 Å². The number of nitrogens with one attached hydrogen (secondary N) is 1. The van der Waals surface area contributed by atoms with E-state index in [0.717, 1.165) is 10.6 Å². The molecule has 33 heavy (non-hydrogen) atoms. The van der Waals surface area contributed by atoms with Crippen molar-refractivity contribution in [3.63, 3.8) is 0 Å². The van der Waals surface area contributed by atoms with Crippen LogP contribution in [0.1, 0.15) is 26.5 Å². The molecule has 0 fully saturated rings. The van der Waals surface area contributed by atoms with Crippen molar-refractivity contribution in [2.75, 3.05) is 17.3 Å². The zero-order valence-electron chi connectivity index (χ0n) is 17.7. The molecule has 0 spiro atoms. The molecule has 0 amide bonds. The molecule has 13 heteroatoms. The van der Waals surface area contributed by atoms with Gasteiger partial charge in [-0.3, -0.25) is 9.98 Å². The molecule has 0 atom stereocenters. The molecule has 11 nitrogen and oxygen atoms in total. The van der Waals surface area contributed by atoms with Crippen LogP contribution in [0.5, 0.6) is 5.75 Å². The standard InChI is InChI=1S/C20H19N5O6S2/c1-11-12(2)32-20(21-11)25-23-18(15-5-4-6-16(19(26)27)17(15)31-3)22-24(25)13-7-9-14(10-8-13)33(28,29)30/h4-10H,1-3H3,(H,22,23)(H,26,27)(H,28,29,30). The van der Waals surface area contributed by atoms with Crippen LogP contribution in [0.15, 0.2) is 52.5 Å². The Morgan fingerprint density at radius 2 is 1.85 bits per heavy atom. The van der Waals surface area contributed by atoms with Crippen LogP contribution in [0.25, 0.3) is 0 Å². The van der Waals surface area contributed by atoms with Crippen molar-refractivity contribution in [1.29, 1.82) is 0 Å². The van der Waals surface area contributed by atoms with Gasteiger partial charge in [-0.15, -0.1) is 10.2 Å². The number of hydrogen-bond donors (Lipinski definition) is 3. The molecule has 3 aromatic rings. The zero-order chi connectivity index (χ0) is 23.9. The minimum Gasteiger partial charge on any atom is -0.495 e. The summed E-state index contributed by atoms with van der Waals surface area (Å²) < 4.78 is 37.4. The van der Waals surface area contributed by atoms with Crippen molar-refractivity contribution in [1.82, 2.24) is 10.4 Å². The highest BCUT2D eigenvalue weighted by atomic mass is 32.2. The normalized spacial score (nSPS) is 13.6. The van der Waals surface area contributed by atoms with Gasteiger partial charge in [0.25, 0.3) is 10.1 Å². The Bertz CT molecular complexity index is 1350. The number of hydrogen-bond acceptors (Lipinski definition) is 10. The Labute approximate surface area is 193 Å². The quantitative estimate of drug-likeness (QED) is 0.442. The highest BCUT2D eigenvalue weighted by molar-refractivity contribution is 7.85. The summed E-state index contributed by atoms with van der Waals surface area (Å²) in [5.41, 5.74) is 4.78. The Hall–Kier alpha value is -3.68. The van der Waals surface area contributed by atoms with Gasteiger partial charge in [0.15, 0.2) is 5.84 Å². The number of para-hydroxylation sites is 1. The highest BCUT2D eigenvalue weighted by Gasteiger charge is 2.31. The molecule has 2 heterocycles. The van der Waals surface area contributed by atoms with Crippen molar-refractivity contribution in [3.05, 3.63) is 64.2 Å². The van der Waals surface area contributed by atoms with Gasteiger partial charge in [0, 0.05) is 4.88 Å². The monoisotopic (exact) mass is 489 g/mol. The summed E-state index contributed by atoms with van der Waals surface area (Å²) in [4.78, 5) is 16.9. The molecular formula is C20H19N5O6S2. The van der Waals surface area contributed by atoms with Crippen molar-refractivity contribution >= 4 is 44.1 Å². The number of hydrazone groups is 1. The lowest BCUT2D eigenvalue weighted by Crippen LogP contribution is -2.44. The molecule has 1 aromatic heterocycles. The maximum absolute atomic E-state index is 11.6. The number of methoxy groups -OCH3 is 1. The molecule has 172 valence electrons. The van der Waals surface area contributed by atoms with Gasteiger partial charge in [-0.05, 0) is 50.2 Å². The number of aromatic nitrogens is 1. The smallest absolute Gasteiger partial charge is 0.339 e. The molecule has 2 aromatic carbocycles. The van der Waals surface area contributed by atoms with Gasteiger partial charge < -0.3 is 9.84 Å². The Morgan fingerprint density at radius 3 is 2.39 bits per heavy atom. The van der Waals surface area contributed by atoms with Crippen LogP contribution in [0.3, 0.4) is 0 Å². The van der Waals surface area contributed by atoms with Crippen LogP contribution < -0.4 is 20.4 Å². The number of ether oxygens (including phenoxy) is 1. The molecule has 0 unspecified atom stereocenters. The van der Waals surface area contributed by atoms with Gasteiger partial charge in [0.2, 0.25) is 5.13 Å². The van der Waals surface area contributed by atoms with Crippen molar-refractivity contribution in [2.24, 2.45) is 5.10 Å². The van der Waals surface area contributed by atoms with E-state index in [1.54, 1.807) is 12.1 Å². The summed E-state index contributed by atoms with van der Waals surface area (Å²) >= 11 is 1.40. The fourth-order valence-corrected chi connectivity index (χ4v) is 4.47. The molecule has 1 aliphatic rings. The lowest BCUT2D eigenvalue weighted by molar-refractivity contribution is 0.0693. The van der Waals surface area contributed by atoms with Crippen LogP contribution in [0.4, 0.5) is 10.8 Å². The molecule has 0 bridgehead atoms. The minimum absolute atomic E-state index is 0.0251. The topological polar surface area (TPSA) is 145 Å². The average molecular weight is 490 g/mol. The fourth-order valence-electron chi connectivity index (χ4n) is 3.14. The fraction of sp³-hybridized carbons (Fsp3) is 0.150. The number of aryl methyl sites for hydroxylation is 2. The van der Waals surface area contributed by atoms with E-state index in [-0.39, 0.29) is 16.2 Å². The van der Waals surface area contributed by atoms with E-state index in [4.69, 9.17) is 4.74 Å². The summed E-state index contributed by atoms with van der Waals surface area (Å²) in [5.74, 6) is -0.724. The molecule has 3 N–H and O–H groups in total. The number of carbonyl (C=O) groups is 1. The number of anilines is 2. The molecule has 0 radical (unpaired) electrons. The van der Waals surface area contributed by atoms with E-state index in [2.05, 4.69) is 15.5 Å². The second-order valence-corrected chi connectivity index (χ2v) is 9.56. The SMILES string of the molecule is COc1c(C(=O)O)cccc1C1=NN(c2nc(C)c(C)s2)N(c2ccc(S(=O)(=O)O)cc2)N1. The number of carboxylic acids is 1. The van der Waals surface area contributed by atoms with Gasteiger partial charge in [-0.2, -0.15) is 13.5 Å². The predicted molar refractivity (Wildman–Crippen MR) is 122 cm³/mol. The second-order valence-electron chi connectivity index (χ2n) is 6.96. The highest BCUT2D eigenvalue weighted by Crippen LogP contribution is 2.33. The third-order valence-electron chi connectivity index (χ3n) is 4.87. The van der Waals surface area contributed by atoms with E-state index < -0.39 is 16.1 Å². The lowest BCUT2D eigenvalue weighted by atomic mass is 10.1. The minimum atomic E-state index is -4.35. The van der Waals surface area contributed by atoms with Crippen LogP contribution >= 0.6 is 11.3 Å². The molecule has 4 rings (SSSR count). The Kier molecular flexibility index (Phi) is 5.69. The number of benzene rings is 2. The first kappa shape index (κ1) is 22.5. The Morgan fingerprint density at radius 1 is 1.15 bits per heavy atom. The molecular weight excluding hydrogens is 470 g/mol. The summed E-state index contributed by atoms with van der Waals surface area (Å²) in [6.45, 7) is 3.79. The number of carboxylic acid groups (broad SMARTS) is 1. The third kappa shape index (κ3) is 4.20. The summed E-state index contributed by atoms with van der Waals surface area (Å²) in [6, 6.07) is 10.2. The van der Waals surface area contributed by atoms with E-state index in [9.17, 15) is 22.9 Å². The maximum atomic E-state index is 11.6.